The van der Waals surface area contributed by atoms with Crippen molar-refractivity contribution in [2.45, 2.75) is 64.7 Å². The van der Waals surface area contributed by atoms with Gasteiger partial charge in [0.05, 0.1) is 6.61 Å². The van der Waals surface area contributed by atoms with Crippen LogP contribution in [0.2, 0.25) is 0 Å². The molecule has 0 unspecified atom stereocenters. The summed E-state index contributed by atoms with van der Waals surface area (Å²) in [6.45, 7) is 2.54. The van der Waals surface area contributed by atoms with E-state index < -0.39 is 0 Å². The van der Waals surface area contributed by atoms with Crippen LogP contribution in [0.4, 0.5) is 4.39 Å². The largest absolute Gasteiger partial charge is 0.490 e. The number of hydrogen-bond donors (Lipinski definition) is 0. The van der Waals surface area contributed by atoms with Gasteiger partial charge in [-0.1, -0.05) is 37.5 Å². The summed E-state index contributed by atoms with van der Waals surface area (Å²) >= 11 is 0. The lowest BCUT2D eigenvalue weighted by Crippen LogP contribution is -2.09. The van der Waals surface area contributed by atoms with Gasteiger partial charge in [-0.3, -0.25) is 0 Å². The molecule has 0 aliphatic heterocycles. The minimum absolute atomic E-state index is 0.163. The second-order valence-electron chi connectivity index (χ2n) is 7.28. The van der Waals surface area contributed by atoms with Crippen LogP contribution in [0.5, 0.6) is 5.75 Å². The lowest BCUT2D eigenvalue weighted by molar-refractivity contribution is 0.241. The summed E-state index contributed by atoms with van der Waals surface area (Å²) in [6, 6.07) is 3.86. The zero-order valence-corrected chi connectivity index (χ0v) is 14.3. The molecule has 126 valence electrons. The number of benzene rings is 1. The number of aryl methyl sites for hydroxylation is 1. The van der Waals surface area contributed by atoms with E-state index in [1.54, 1.807) is 0 Å². The second kappa shape index (κ2) is 7.99. The Balaban J connectivity index is 1.52. The van der Waals surface area contributed by atoms with E-state index in [4.69, 9.17) is 4.74 Å². The highest BCUT2D eigenvalue weighted by Gasteiger charge is 2.17. The minimum Gasteiger partial charge on any atom is -0.490 e. The van der Waals surface area contributed by atoms with E-state index in [0.29, 0.717) is 18.3 Å². The van der Waals surface area contributed by atoms with Crippen LogP contribution in [-0.4, -0.2) is 6.61 Å². The number of rotatable bonds is 7. The van der Waals surface area contributed by atoms with Gasteiger partial charge >= 0.3 is 0 Å². The third kappa shape index (κ3) is 4.37. The maximum Gasteiger partial charge on any atom is 0.168 e. The Morgan fingerprint density at radius 2 is 1.91 bits per heavy atom. The van der Waals surface area contributed by atoms with Gasteiger partial charge in [0.1, 0.15) is 0 Å². The first kappa shape index (κ1) is 16.5. The Morgan fingerprint density at radius 1 is 1.13 bits per heavy atom. The third-order valence-corrected chi connectivity index (χ3v) is 5.55. The van der Waals surface area contributed by atoms with Gasteiger partial charge in [0.15, 0.2) is 11.6 Å². The van der Waals surface area contributed by atoms with Crippen LogP contribution in [0.15, 0.2) is 24.3 Å². The summed E-state index contributed by atoms with van der Waals surface area (Å²) in [5, 5.41) is 0. The topological polar surface area (TPSA) is 9.23 Å². The van der Waals surface area contributed by atoms with Gasteiger partial charge in [0.25, 0.3) is 0 Å². The fourth-order valence-electron chi connectivity index (χ4n) is 3.63. The summed E-state index contributed by atoms with van der Waals surface area (Å²) in [6.07, 6.45) is 15.6. The molecular weight excluding hydrogens is 287 g/mol. The summed E-state index contributed by atoms with van der Waals surface area (Å²) in [5.74, 6) is 1.69. The van der Waals surface area contributed by atoms with Gasteiger partial charge < -0.3 is 4.74 Å². The van der Waals surface area contributed by atoms with Crippen LogP contribution in [0.1, 0.15) is 62.5 Å². The first-order valence-electron chi connectivity index (χ1n) is 9.31. The van der Waals surface area contributed by atoms with Crippen molar-refractivity contribution in [1.29, 1.82) is 0 Å². The molecule has 0 aromatic heterocycles. The molecule has 0 bridgehead atoms. The SMILES string of the molecule is Cc1c(CC/C=C/C2CCC2)ccc(OCC2CCCC2)c1F. The fraction of sp³-hybridized carbons (Fsp3) is 0.619. The minimum atomic E-state index is -0.163. The van der Waals surface area contributed by atoms with Crippen molar-refractivity contribution < 1.29 is 9.13 Å². The molecule has 2 aliphatic carbocycles. The molecule has 0 spiro atoms. The van der Waals surface area contributed by atoms with E-state index in [9.17, 15) is 4.39 Å². The predicted molar refractivity (Wildman–Crippen MR) is 93.4 cm³/mol. The molecule has 3 rings (SSSR count). The summed E-state index contributed by atoms with van der Waals surface area (Å²) in [4.78, 5) is 0. The number of allylic oxidation sites excluding steroid dienone is 2. The summed E-state index contributed by atoms with van der Waals surface area (Å²) < 4.78 is 20.2. The van der Waals surface area contributed by atoms with E-state index >= 15 is 0 Å². The Morgan fingerprint density at radius 3 is 2.61 bits per heavy atom. The Bertz CT molecular complexity index is 539. The molecule has 0 N–H and O–H groups in total. The van der Waals surface area contributed by atoms with E-state index in [2.05, 4.69) is 12.2 Å². The number of ether oxygens (including phenoxy) is 1. The van der Waals surface area contributed by atoms with E-state index in [1.165, 1.54) is 44.9 Å². The van der Waals surface area contributed by atoms with Crippen molar-refractivity contribution in [2.75, 3.05) is 6.61 Å². The molecule has 2 aliphatic rings. The highest BCUT2D eigenvalue weighted by Crippen LogP contribution is 2.29. The van der Waals surface area contributed by atoms with E-state index in [1.807, 2.05) is 19.1 Å². The lowest BCUT2D eigenvalue weighted by Gasteiger charge is -2.21. The van der Waals surface area contributed by atoms with Crippen LogP contribution in [0, 0.1) is 24.6 Å². The van der Waals surface area contributed by atoms with Gasteiger partial charge in [-0.25, -0.2) is 4.39 Å². The van der Waals surface area contributed by atoms with Crippen LogP contribution < -0.4 is 4.74 Å². The molecule has 0 atom stereocenters. The van der Waals surface area contributed by atoms with E-state index in [0.717, 1.165) is 29.9 Å². The Hall–Kier alpha value is -1.31. The van der Waals surface area contributed by atoms with Gasteiger partial charge in [-0.15, -0.1) is 0 Å². The Kier molecular flexibility index (Phi) is 5.75. The molecule has 1 nitrogen and oxygen atoms in total. The number of hydrogen-bond acceptors (Lipinski definition) is 1. The maximum absolute atomic E-state index is 14.5. The molecule has 0 heterocycles. The zero-order valence-electron chi connectivity index (χ0n) is 14.3. The first-order valence-corrected chi connectivity index (χ1v) is 9.31. The highest BCUT2D eigenvalue weighted by atomic mass is 19.1. The molecule has 1 aromatic carbocycles. The zero-order chi connectivity index (χ0) is 16.1. The molecule has 2 fully saturated rings. The molecular formula is C21H29FO. The molecule has 2 saturated carbocycles. The van der Waals surface area contributed by atoms with Crippen molar-refractivity contribution in [3.63, 3.8) is 0 Å². The molecule has 2 heteroatoms. The average molecular weight is 316 g/mol. The van der Waals surface area contributed by atoms with Crippen LogP contribution in [0.3, 0.4) is 0 Å². The van der Waals surface area contributed by atoms with Crippen molar-refractivity contribution in [3.05, 3.63) is 41.2 Å². The highest BCUT2D eigenvalue weighted by molar-refractivity contribution is 5.37. The molecule has 23 heavy (non-hydrogen) atoms. The number of halogens is 1. The van der Waals surface area contributed by atoms with Crippen molar-refractivity contribution in [2.24, 2.45) is 11.8 Å². The monoisotopic (exact) mass is 316 g/mol. The van der Waals surface area contributed by atoms with Gasteiger partial charge in [-0.05, 0) is 74.5 Å². The van der Waals surface area contributed by atoms with Crippen molar-refractivity contribution in [3.8, 4) is 5.75 Å². The van der Waals surface area contributed by atoms with Crippen LogP contribution in [0.25, 0.3) is 0 Å². The molecule has 0 saturated heterocycles. The smallest absolute Gasteiger partial charge is 0.168 e. The predicted octanol–water partition coefficient (Wildman–Crippen LogP) is 5.99. The van der Waals surface area contributed by atoms with Gasteiger partial charge in [-0.2, -0.15) is 0 Å². The normalized spacial score (nSPS) is 19.4. The second-order valence-corrected chi connectivity index (χ2v) is 7.28. The van der Waals surface area contributed by atoms with Crippen LogP contribution >= 0.6 is 0 Å². The summed E-state index contributed by atoms with van der Waals surface area (Å²) in [7, 11) is 0. The Labute approximate surface area is 139 Å². The summed E-state index contributed by atoms with van der Waals surface area (Å²) in [5.41, 5.74) is 1.86. The van der Waals surface area contributed by atoms with Crippen molar-refractivity contribution >= 4 is 0 Å². The van der Waals surface area contributed by atoms with Gasteiger partial charge in [0, 0.05) is 0 Å². The van der Waals surface area contributed by atoms with E-state index in [-0.39, 0.29) is 5.82 Å². The molecule has 0 amide bonds. The molecule has 0 radical (unpaired) electrons. The lowest BCUT2D eigenvalue weighted by atomic mass is 9.85. The standard InChI is InChI=1S/C21H29FO/c1-16-19(12-5-4-7-17-10-6-11-17)13-14-20(21(16)22)23-15-18-8-2-3-9-18/h4,7,13-14,17-18H,2-3,5-6,8-12,15H2,1H3/b7-4+. The quantitative estimate of drug-likeness (QED) is 0.561. The first-order chi connectivity index (χ1) is 11.2. The third-order valence-electron chi connectivity index (χ3n) is 5.55. The van der Waals surface area contributed by atoms with Crippen molar-refractivity contribution in [1.82, 2.24) is 0 Å². The van der Waals surface area contributed by atoms with Gasteiger partial charge in [0.2, 0.25) is 0 Å². The maximum atomic E-state index is 14.5. The average Bonchev–Trinajstić information content (AvgIpc) is 3.02. The molecule has 1 aromatic rings. The fourth-order valence-corrected chi connectivity index (χ4v) is 3.63. The van der Waals surface area contributed by atoms with Crippen LogP contribution in [-0.2, 0) is 6.42 Å².